The van der Waals surface area contributed by atoms with Gasteiger partial charge in [-0.2, -0.15) is 0 Å². The van der Waals surface area contributed by atoms with Crippen LogP contribution in [0.4, 0.5) is 0 Å². The molecule has 88 valence electrons. The highest BCUT2D eigenvalue weighted by molar-refractivity contribution is 5.92. The number of carbonyl (C=O) groups is 1. The molecule has 1 aliphatic rings. The van der Waals surface area contributed by atoms with Crippen LogP contribution in [-0.2, 0) is 5.54 Å². The molecule has 0 atom stereocenters. The van der Waals surface area contributed by atoms with Crippen LogP contribution in [0.1, 0.15) is 35.9 Å². The standard InChI is InChI=1S/C13H14N2O2/c1-8-14-10-7-9(12(16)17)3-4-11(10)15(8)13(2)5-6-13/h3-4,7H,5-6H2,1-2H3,(H,16,17). The summed E-state index contributed by atoms with van der Waals surface area (Å²) in [6.45, 7) is 4.19. The van der Waals surface area contributed by atoms with Gasteiger partial charge in [0.1, 0.15) is 5.82 Å². The van der Waals surface area contributed by atoms with Crippen LogP contribution < -0.4 is 0 Å². The summed E-state index contributed by atoms with van der Waals surface area (Å²) >= 11 is 0. The first-order valence-corrected chi connectivity index (χ1v) is 5.74. The molecule has 0 spiro atoms. The molecule has 1 aromatic carbocycles. The van der Waals surface area contributed by atoms with Crippen LogP contribution in [-0.4, -0.2) is 20.6 Å². The molecule has 1 aliphatic carbocycles. The minimum absolute atomic E-state index is 0.184. The van der Waals surface area contributed by atoms with Crippen LogP contribution >= 0.6 is 0 Å². The lowest BCUT2D eigenvalue weighted by atomic mass is 10.2. The quantitative estimate of drug-likeness (QED) is 0.862. The molecule has 17 heavy (non-hydrogen) atoms. The third-order valence-electron chi connectivity index (χ3n) is 3.58. The van der Waals surface area contributed by atoms with E-state index in [1.165, 1.54) is 12.8 Å². The minimum Gasteiger partial charge on any atom is -0.478 e. The van der Waals surface area contributed by atoms with Crippen LogP contribution in [0.25, 0.3) is 11.0 Å². The second-order valence-corrected chi connectivity index (χ2v) is 5.00. The van der Waals surface area contributed by atoms with Gasteiger partial charge in [-0.05, 0) is 44.9 Å². The molecular weight excluding hydrogens is 216 g/mol. The monoisotopic (exact) mass is 230 g/mol. The molecule has 2 aromatic rings. The van der Waals surface area contributed by atoms with Crippen LogP contribution in [0, 0.1) is 6.92 Å². The summed E-state index contributed by atoms with van der Waals surface area (Å²) < 4.78 is 2.23. The zero-order valence-electron chi connectivity index (χ0n) is 9.90. The van der Waals surface area contributed by atoms with Crippen molar-refractivity contribution in [2.45, 2.75) is 32.2 Å². The first-order chi connectivity index (χ1) is 8.01. The van der Waals surface area contributed by atoms with Crippen molar-refractivity contribution in [1.82, 2.24) is 9.55 Å². The molecule has 1 fully saturated rings. The van der Waals surface area contributed by atoms with Gasteiger partial charge in [0.05, 0.1) is 16.6 Å². The second kappa shape index (κ2) is 3.09. The van der Waals surface area contributed by atoms with E-state index in [-0.39, 0.29) is 5.54 Å². The van der Waals surface area contributed by atoms with Gasteiger partial charge in [-0.3, -0.25) is 0 Å². The number of hydrogen-bond acceptors (Lipinski definition) is 2. The normalized spacial score (nSPS) is 17.3. The van der Waals surface area contributed by atoms with Crippen molar-refractivity contribution in [3.05, 3.63) is 29.6 Å². The summed E-state index contributed by atoms with van der Waals surface area (Å²) in [6, 6.07) is 5.16. The number of imidazole rings is 1. The number of rotatable bonds is 2. The number of benzene rings is 1. The Morgan fingerprint density at radius 3 is 2.76 bits per heavy atom. The van der Waals surface area contributed by atoms with Crippen molar-refractivity contribution in [1.29, 1.82) is 0 Å². The molecule has 1 heterocycles. The summed E-state index contributed by atoms with van der Waals surface area (Å²) in [6.07, 6.45) is 2.33. The van der Waals surface area contributed by atoms with Crippen molar-refractivity contribution >= 4 is 17.0 Å². The van der Waals surface area contributed by atoms with Crippen molar-refractivity contribution in [3.8, 4) is 0 Å². The molecule has 4 heteroatoms. The number of aryl methyl sites for hydroxylation is 1. The SMILES string of the molecule is Cc1nc2cc(C(=O)O)ccc2n1C1(C)CC1. The molecule has 1 aromatic heterocycles. The molecule has 1 saturated carbocycles. The minimum atomic E-state index is -0.906. The van der Waals surface area contributed by atoms with E-state index in [9.17, 15) is 4.79 Å². The van der Waals surface area contributed by atoms with E-state index in [0.717, 1.165) is 16.9 Å². The van der Waals surface area contributed by atoms with E-state index < -0.39 is 5.97 Å². The molecule has 0 bridgehead atoms. The third kappa shape index (κ3) is 1.44. The number of hydrogen-bond donors (Lipinski definition) is 1. The summed E-state index contributed by atoms with van der Waals surface area (Å²) in [5, 5.41) is 8.96. The topological polar surface area (TPSA) is 55.1 Å². The Hall–Kier alpha value is -1.84. The van der Waals surface area contributed by atoms with E-state index in [2.05, 4.69) is 16.5 Å². The summed E-state index contributed by atoms with van der Waals surface area (Å²) in [5.74, 6) is 0.0549. The third-order valence-corrected chi connectivity index (χ3v) is 3.58. The highest BCUT2D eigenvalue weighted by Crippen LogP contribution is 2.45. The Morgan fingerprint density at radius 1 is 1.47 bits per heavy atom. The number of carboxylic acids is 1. The van der Waals surface area contributed by atoms with Gasteiger partial charge in [0.25, 0.3) is 0 Å². The Morgan fingerprint density at radius 2 is 2.18 bits per heavy atom. The van der Waals surface area contributed by atoms with Gasteiger partial charge >= 0.3 is 5.97 Å². The highest BCUT2D eigenvalue weighted by atomic mass is 16.4. The number of fused-ring (bicyclic) bond motifs is 1. The molecule has 0 amide bonds. The Kier molecular flexibility index (Phi) is 1.88. The average molecular weight is 230 g/mol. The van der Waals surface area contributed by atoms with Crippen molar-refractivity contribution in [3.63, 3.8) is 0 Å². The summed E-state index contributed by atoms with van der Waals surface area (Å²) in [4.78, 5) is 15.4. The van der Waals surface area contributed by atoms with Crippen LogP contribution in [0.2, 0.25) is 0 Å². The first kappa shape index (κ1) is 10.3. The van der Waals surface area contributed by atoms with Gasteiger partial charge in [-0.1, -0.05) is 0 Å². The first-order valence-electron chi connectivity index (χ1n) is 5.74. The molecule has 1 N–H and O–H groups in total. The highest BCUT2D eigenvalue weighted by Gasteiger charge is 2.41. The Bertz CT molecular complexity index is 624. The van der Waals surface area contributed by atoms with E-state index in [0.29, 0.717) is 5.56 Å². The fourth-order valence-corrected chi connectivity index (χ4v) is 2.42. The van der Waals surface area contributed by atoms with Gasteiger partial charge in [0, 0.05) is 5.54 Å². The molecule has 0 radical (unpaired) electrons. The van der Waals surface area contributed by atoms with Gasteiger partial charge in [0.15, 0.2) is 0 Å². The number of carboxylic acid groups (broad SMARTS) is 1. The van der Waals surface area contributed by atoms with Gasteiger partial charge in [-0.15, -0.1) is 0 Å². The molecular formula is C13H14N2O2. The van der Waals surface area contributed by atoms with E-state index in [1.54, 1.807) is 12.1 Å². The largest absolute Gasteiger partial charge is 0.478 e. The van der Waals surface area contributed by atoms with E-state index in [4.69, 9.17) is 5.11 Å². The van der Waals surface area contributed by atoms with Gasteiger partial charge in [0.2, 0.25) is 0 Å². The van der Waals surface area contributed by atoms with Crippen molar-refractivity contribution in [2.75, 3.05) is 0 Å². The predicted octanol–water partition coefficient (Wildman–Crippen LogP) is 2.55. The van der Waals surface area contributed by atoms with Crippen molar-refractivity contribution < 1.29 is 9.90 Å². The molecule has 4 nitrogen and oxygen atoms in total. The Balaban J connectivity index is 2.25. The fourth-order valence-electron chi connectivity index (χ4n) is 2.42. The summed E-state index contributed by atoms with van der Waals surface area (Å²) in [7, 11) is 0. The van der Waals surface area contributed by atoms with E-state index in [1.807, 2.05) is 13.0 Å². The van der Waals surface area contributed by atoms with Crippen molar-refractivity contribution in [2.24, 2.45) is 0 Å². The molecule has 0 saturated heterocycles. The molecule has 3 rings (SSSR count). The Labute approximate surface area is 98.9 Å². The lowest BCUT2D eigenvalue weighted by Gasteiger charge is -2.14. The predicted molar refractivity (Wildman–Crippen MR) is 64.3 cm³/mol. The van der Waals surface area contributed by atoms with Crippen LogP contribution in [0.5, 0.6) is 0 Å². The number of aromatic nitrogens is 2. The average Bonchev–Trinajstić information content (AvgIpc) is 2.90. The maximum absolute atomic E-state index is 10.9. The van der Waals surface area contributed by atoms with E-state index >= 15 is 0 Å². The van der Waals surface area contributed by atoms with Gasteiger partial charge < -0.3 is 9.67 Å². The molecule has 0 aliphatic heterocycles. The smallest absolute Gasteiger partial charge is 0.335 e. The lowest BCUT2D eigenvalue weighted by molar-refractivity contribution is 0.0697. The summed E-state index contributed by atoms with van der Waals surface area (Å²) in [5.41, 5.74) is 2.29. The van der Waals surface area contributed by atoms with Crippen LogP contribution in [0.15, 0.2) is 18.2 Å². The zero-order chi connectivity index (χ0) is 12.2. The maximum atomic E-state index is 10.9. The molecule has 0 unspecified atom stereocenters. The number of nitrogens with zero attached hydrogens (tertiary/aromatic N) is 2. The number of aromatic carboxylic acids is 1. The maximum Gasteiger partial charge on any atom is 0.335 e. The zero-order valence-corrected chi connectivity index (χ0v) is 9.90. The van der Waals surface area contributed by atoms with Crippen LogP contribution in [0.3, 0.4) is 0 Å². The van der Waals surface area contributed by atoms with Gasteiger partial charge in [-0.25, -0.2) is 9.78 Å². The lowest BCUT2D eigenvalue weighted by Crippen LogP contribution is -2.13. The second-order valence-electron chi connectivity index (χ2n) is 5.00. The fraction of sp³-hybridized carbons (Fsp3) is 0.385.